The monoisotopic (exact) mass is 568 g/mol. The third-order valence-corrected chi connectivity index (χ3v) is 9.37. The van der Waals surface area contributed by atoms with Gasteiger partial charge in [0.05, 0.1) is 0 Å². The quantitative estimate of drug-likeness (QED) is 0.405. The highest BCUT2D eigenvalue weighted by Crippen LogP contribution is 2.50. The molecule has 3 aliphatic rings. The van der Waals surface area contributed by atoms with E-state index in [1.54, 1.807) is 0 Å². The molecule has 9 heteroatoms. The molecule has 2 fully saturated rings. The Morgan fingerprint density at radius 2 is 1.67 bits per heavy atom. The number of carboxylic acids is 1. The second-order valence-electron chi connectivity index (χ2n) is 9.66. The molecular formula is C27H25BrN2O5S. The first kappa shape index (κ1) is 23.6. The minimum Gasteiger partial charge on any atom is -0.480 e. The van der Waals surface area contributed by atoms with Crippen LogP contribution in [0.1, 0.15) is 47.7 Å². The molecule has 2 atom stereocenters. The van der Waals surface area contributed by atoms with Crippen molar-refractivity contribution in [1.29, 1.82) is 0 Å². The van der Waals surface area contributed by atoms with Crippen LogP contribution in [0.5, 0.6) is 0 Å². The number of piperidine rings is 1. The number of benzene rings is 2. The van der Waals surface area contributed by atoms with Crippen LogP contribution in [0.15, 0.2) is 58.5 Å². The van der Waals surface area contributed by atoms with Crippen LogP contribution in [0.3, 0.4) is 0 Å². The van der Waals surface area contributed by atoms with E-state index in [-0.39, 0.29) is 30.7 Å². The molecule has 1 aliphatic carbocycles. The van der Waals surface area contributed by atoms with Crippen LogP contribution in [0.2, 0.25) is 0 Å². The standard InChI is InChI=1S/C27H25BrN2O5S/c28-23-15-36-25(29-23)27(35-14-24(31)32)11-16-9-10-17(12-27)30(16)26(33)34-13-22-20-7-3-1-5-18(20)19-6-2-4-8-21(19)22/h1-8,15-17,22H,9-14H2,(H,31,32). The SMILES string of the molecule is O=C(O)COC1(c2nc(Br)cs2)CC2CCC(C1)N2C(=O)OCC1c2ccccc2-c2ccccc21. The van der Waals surface area contributed by atoms with Crippen molar-refractivity contribution in [1.82, 2.24) is 9.88 Å². The third kappa shape index (κ3) is 4.03. The molecule has 2 unspecified atom stereocenters. The molecule has 186 valence electrons. The fourth-order valence-corrected chi connectivity index (χ4v) is 7.62. The lowest BCUT2D eigenvalue weighted by molar-refractivity contribution is -0.157. The van der Waals surface area contributed by atoms with Gasteiger partial charge < -0.3 is 19.5 Å². The normalized spacial score (nSPS) is 24.4. The predicted molar refractivity (Wildman–Crippen MR) is 138 cm³/mol. The number of rotatable bonds is 6. The maximum atomic E-state index is 13.4. The Bertz CT molecular complexity index is 1270. The topological polar surface area (TPSA) is 89.0 Å². The van der Waals surface area contributed by atoms with Crippen molar-refractivity contribution in [2.45, 2.75) is 49.3 Å². The molecule has 2 aliphatic heterocycles. The molecule has 2 bridgehead atoms. The zero-order valence-corrected chi connectivity index (χ0v) is 21.8. The van der Waals surface area contributed by atoms with E-state index in [0.717, 1.165) is 17.8 Å². The van der Waals surface area contributed by atoms with Gasteiger partial charge in [-0.15, -0.1) is 11.3 Å². The van der Waals surface area contributed by atoms with Gasteiger partial charge in [0.2, 0.25) is 0 Å². The summed E-state index contributed by atoms with van der Waals surface area (Å²) in [6.45, 7) is -0.121. The summed E-state index contributed by atoms with van der Waals surface area (Å²) < 4.78 is 12.7. The molecule has 2 aromatic carbocycles. The first-order valence-corrected chi connectivity index (χ1v) is 13.7. The number of aromatic nitrogens is 1. The number of fused-ring (bicyclic) bond motifs is 5. The molecule has 0 spiro atoms. The van der Waals surface area contributed by atoms with Gasteiger partial charge in [0.1, 0.15) is 28.4 Å². The number of carbonyl (C=O) groups excluding carboxylic acids is 1. The number of carboxylic acid groups (broad SMARTS) is 1. The van der Waals surface area contributed by atoms with E-state index in [1.807, 2.05) is 34.5 Å². The smallest absolute Gasteiger partial charge is 0.410 e. The molecule has 3 aromatic rings. The summed E-state index contributed by atoms with van der Waals surface area (Å²) in [5.74, 6) is -1.01. The highest BCUT2D eigenvalue weighted by atomic mass is 79.9. The van der Waals surface area contributed by atoms with Gasteiger partial charge in [-0.1, -0.05) is 48.5 Å². The van der Waals surface area contributed by atoms with Gasteiger partial charge in [-0.2, -0.15) is 0 Å². The largest absolute Gasteiger partial charge is 0.480 e. The van der Waals surface area contributed by atoms with Gasteiger partial charge in [-0.05, 0) is 51.0 Å². The van der Waals surface area contributed by atoms with Crippen LogP contribution in [0.4, 0.5) is 4.79 Å². The Labute approximate surface area is 221 Å². The fourth-order valence-electron chi connectivity index (χ4n) is 6.19. The number of hydrogen-bond donors (Lipinski definition) is 1. The van der Waals surface area contributed by atoms with E-state index in [2.05, 4.69) is 45.2 Å². The van der Waals surface area contributed by atoms with Crippen LogP contribution in [0.25, 0.3) is 11.1 Å². The minimum absolute atomic E-state index is 0.00875. The average Bonchev–Trinajstić information content (AvgIpc) is 3.54. The van der Waals surface area contributed by atoms with E-state index in [4.69, 9.17) is 9.47 Å². The summed E-state index contributed by atoms with van der Waals surface area (Å²) in [4.78, 5) is 31.2. The minimum atomic E-state index is -1.02. The lowest BCUT2D eigenvalue weighted by Gasteiger charge is -2.44. The summed E-state index contributed by atoms with van der Waals surface area (Å²) in [6.07, 6.45) is 2.36. The molecular weight excluding hydrogens is 544 g/mol. The number of ether oxygens (including phenoxy) is 2. The lowest BCUT2D eigenvalue weighted by atomic mass is 9.86. The number of carbonyl (C=O) groups is 2. The Morgan fingerprint density at radius 3 is 2.22 bits per heavy atom. The Balaban J connectivity index is 1.20. The number of hydrogen-bond acceptors (Lipinski definition) is 6. The molecule has 0 saturated carbocycles. The van der Waals surface area contributed by atoms with Gasteiger partial charge >= 0.3 is 12.1 Å². The summed E-state index contributed by atoms with van der Waals surface area (Å²) in [5.41, 5.74) is 3.94. The van der Waals surface area contributed by atoms with Gasteiger partial charge in [0, 0.05) is 36.2 Å². The van der Waals surface area contributed by atoms with Gasteiger partial charge in [0.25, 0.3) is 0 Å². The van der Waals surface area contributed by atoms with Crippen molar-refractivity contribution in [2.24, 2.45) is 0 Å². The average molecular weight is 569 g/mol. The lowest BCUT2D eigenvalue weighted by Crippen LogP contribution is -2.53. The molecule has 0 radical (unpaired) electrons. The van der Waals surface area contributed by atoms with Crippen molar-refractivity contribution < 1.29 is 24.2 Å². The van der Waals surface area contributed by atoms with E-state index in [1.165, 1.54) is 33.6 Å². The summed E-state index contributed by atoms with van der Waals surface area (Å²) >= 11 is 4.85. The zero-order valence-electron chi connectivity index (χ0n) is 19.4. The summed E-state index contributed by atoms with van der Waals surface area (Å²) in [7, 11) is 0. The second kappa shape index (κ2) is 9.28. The number of halogens is 1. The third-order valence-electron chi connectivity index (χ3n) is 7.64. The number of aliphatic carboxylic acids is 1. The molecule has 1 N–H and O–H groups in total. The summed E-state index contributed by atoms with van der Waals surface area (Å²) in [5, 5.41) is 11.9. The number of amides is 1. The zero-order chi connectivity index (χ0) is 24.9. The highest BCUT2D eigenvalue weighted by molar-refractivity contribution is 9.10. The van der Waals surface area contributed by atoms with E-state index in [0.29, 0.717) is 17.4 Å². The Morgan fingerprint density at radius 1 is 1.06 bits per heavy atom. The van der Waals surface area contributed by atoms with Crippen molar-refractivity contribution in [3.05, 3.63) is 74.6 Å². The van der Waals surface area contributed by atoms with Crippen LogP contribution < -0.4 is 0 Å². The van der Waals surface area contributed by atoms with Gasteiger partial charge in [-0.25, -0.2) is 14.6 Å². The highest BCUT2D eigenvalue weighted by Gasteiger charge is 2.53. The van der Waals surface area contributed by atoms with Crippen LogP contribution >= 0.6 is 27.3 Å². The summed E-state index contributed by atoms with van der Waals surface area (Å²) in [6, 6.07) is 16.4. The van der Waals surface area contributed by atoms with Crippen molar-refractivity contribution in [3.8, 4) is 11.1 Å². The first-order chi connectivity index (χ1) is 17.4. The van der Waals surface area contributed by atoms with Crippen LogP contribution in [-0.4, -0.2) is 52.4 Å². The fraction of sp³-hybridized carbons (Fsp3) is 0.370. The Kier molecular flexibility index (Phi) is 6.09. The van der Waals surface area contributed by atoms with E-state index >= 15 is 0 Å². The van der Waals surface area contributed by atoms with Crippen molar-refractivity contribution in [2.75, 3.05) is 13.2 Å². The van der Waals surface area contributed by atoms with Crippen molar-refractivity contribution >= 4 is 39.3 Å². The van der Waals surface area contributed by atoms with Gasteiger partial charge in [-0.3, -0.25) is 0 Å². The molecule has 7 nitrogen and oxygen atoms in total. The maximum Gasteiger partial charge on any atom is 0.410 e. The predicted octanol–water partition coefficient (Wildman–Crippen LogP) is 5.78. The van der Waals surface area contributed by atoms with E-state index in [9.17, 15) is 14.7 Å². The molecule has 3 heterocycles. The van der Waals surface area contributed by atoms with Crippen LogP contribution in [0, 0.1) is 0 Å². The molecule has 1 aromatic heterocycles. The number of thiazole rings is 1. The molecule has 36 heavy (non-hydrogen) atoms. The number of nitrogens with zero attached hydrogens (tertiary/aromatic N) is 2. The second-order valence-corrected chi connectivity index (χ2v) is 11.3. The van der Waals surface area contributed by atoms with E-state index < -0.39 is 18.2 Å². The molecule has 6 rings (SSSR count). The molecule has 1 amide bonds. The van der Waals surface area contributed by atoms with Gasteiger partial charge in [0.15, 0.2) is 0 Å². The maximum absolute atomic E-state index is 13.4. The Hall–Kier alpha value is -2.75. The first-order valence-electron chi connectivity index (χ1n) is 12.1. The molecule has 2 saturated heterocycles. The van der Waals surface area contributed by atoms with Crippen molar-refractivity contribution in [3.63, 3.8) is 0 Å². The van der Waals surface area contributed by atoms with Crippen LogP contribution in [-0.2, 0) is 19.9 Å².